The predicted octanol–water partition coefficient (Wildman–Crippen LogP) is 3.41. The van der Waals surface area contributed by atoms with Crippen LogP contribution in [0.25, 0.3) is 0 Å². The Morgan fingerprint density at radius 2 is 2.33 bits per heavy atom. The molecule has 1 saturated heterocycles. The SMILES string of the molecule is CCC(C)C1CN(c2c(F)cccc2Br)CCN1. The lowest BCUT2D eigenvalue weighted by Crippen LogP contribution is -2.53. The van der Waals surface area contributed by atoms with Crippen LogP contribution in [-0.4, -0.2) is 25.7 Å². The molecule has 2 atom stereocenters. The van der Waals surface area contributed by atoms with Crippen molar-refractivity contribution >= 4 is 21.6 Å². The molecule has 0 spiro atoms. The lowest BCUT2D eigenvalue weighted by molar-refractivity contribution is 0.340. The van der Waals surface area contributed by atoms with Crippen molar-refractivity contribution in [3.8, 4) is 0 Å². The molecule has 18 heavy (non-hydrogen) atoms. The smallest absolute Gasteiger partial charge is 0.147 e. The van der Waals surface area contributed by atoms with Gasteiger partial charge in [0.1, 0.15) is 5.82 Å². The zero-order chi connectivity index (χ0) is 13.1. The highest BCUT2D eigenvalue weighted by molar-refractivity contribution is 9.10. The molecule has 0 aromatic heterocycles. The molecule has 2 rings (SSSR count). The summed E-state index contributed by atoms with van der Waals surface area (Å²) >= 11 is 3.45. The second-order valence-corrected chi connectivity index (χ2v) is 5.82. The van der Waals surface area contributed by atoms with Crippen molar-refractivity contribution in [1.82, 2.24) is 5.32 Å². The number of benzene rings is 1. The van der Waals surface area contributed by atoms with Gasteiger partial charge >= 0.3 is 0 Å². The van der Waals surface area contributed by atoms with E-state index in [1.54, 1.807) is 6.07 Å². The van der Waals surface area contributed by atoms with Crippen molar-refractivity contribution in [3.05, 3.63) is 28.5 Å². The molecular formula is C14H20BrFN2. The van der Waals surface area contributed by atoms with Crippen molar-refractivity contribution in [2.75, 3.05) is 24.5 Å². The monoisotopic (exact) mass is 314 g/mol. The van der Waals surface area contributed by atoms with Crippen LogP contribution in [0.5, 0.6) is 0 Å². The van der Waals surface area contributed by atoms with Crippen LogP contribution in [0.1, 0.15) is 20.3 Å². The van der Waals surface area contributed by atoms with Gasteiger partial charge in [-0.25, -0.2) is 4.39 Å². The van der Waals surface area contributed by atoms with Gasteiger partial charge in [-0.2, -0.15) is 0 Å². The van der Waals surface area contributed by atoms with Gasteiger partial charge in [-0.05, 0) is 34.0 Å². The van der Waals surface area contributed by atoms with Crippen molar-refractivity contribution in [1.29, 1.82) is 0 Å². The first-order valence-corrected chi connectivity index (χ1v) is 7.35. The topological polar surface area (TPSA) is 15.3 Å². The summed E-state index contributed by atoms with van der Waals surface area (Å²) in [6.07, 6.45) is 1.14. The molecule has 1 fully saturated rings. The van der Waals surface area contributed by atoms with Gasteiger partial charge in [0, 0.05) is 30.1 Å². The Morgan fingerprint density at radius 3 is 3.00 bits per heavy atom. The molecule has 0 bridgehead atoms. The van der Waals surface area contributed by atoms with Crippen LogP contribution in [0.4, 0.5) is 10.1 Å². The van der Waals surface area contributed by atoms with Crippen LogP contribution in [0, 0.1) is 11.7 Å². The molecule has 2 nitrogen and oxygen atoms in total. The third-order valence-corrected chi connectivity index (χ3v) is 4.43. The number of para-hydroxylation sites is 1. The maximum atomic E-state index is 14.0. The number of nitrogens with zero attached hydrogens (tertiary/aromatic N) is 1. The number of hydrogen-bond donors (Lipinski definition) is 1. The number of rotatable bonds is 3. The van der Waals surface area contributed by atoms with Crippen LogP contribution in [0.3, 0.4) is 0 Å². The Bertz CT molecular complexity index is 391. The quantitative estimate of drug-likeness (QED) is 0.919. The molecule has 1 aromatic carbocycles. The highest BCUT2D eigenvalue weighted by atomic mass is 79.9. The van der Waals surface area contributed by atoms with Crippen molar-refractivity contribution < 1.29 is 4.39 Å². The van der Waals surface area contributed by atoms with E-state index < -0.39 is 0 Å². The van der Waals surface area contributed by atoms with E-state index in [0.717, 1.165) is 30.5 Å². The average Bonchev–Trinajstić information content (AvgIpc) is 2.38. The normalized spacial score (nSPS) is 22.0. The summed E-state index contributed by atoms with van der Waals surface area (Å²) in [5, 5.41) is 3.53. The predicted molar refractivity (Wildman–Crippen MR) is 77.6 cm³/mol. The van der Waals surface area contributed by atoms with Crippen molar-refractivity contribution in [3.63, 3.8) is 0 Å². The summed E-state index contributed by atoms with van der Waals surface area (Å²) in [5.41, 5.74) is 0.701. The van der Waals surface area contributed by atoms with Gasteiger partial charge in [-0.3, -0.25) is 0 Å². The highest BCUT2D eigenvalue weighted by Gasteiger charge is 2.25. The standard InChI is InChI=1S/C14H20BrFN2/c1-3-10(2)13-9-18(8-7-17-13)14-11(15)5-4-6-12(14)16/h4-6,10,13,17H,3,7-9H2,1-2H3. The van der Waals surface area contributed by atoms with Crippen molar-refractivity contribution in [2.45, 2.75) is 26.3 Å². The van der Waals surface area contributed by atoms with E-state index >= 15 is 0 Å². The Kier molecular flexibility index (Phi) is 4.62. The molecule has 0 amide bonds. The van der Waals surface area contributed by atoms with Crippen molar-refractivity contribution in [2.24, 2.45) is 5.92 Å². The second kappa shape index (κ2) is 6.02. The lowest BCUT2D eigenvalue weighted by atomic mass is 9.97. The molecule has 1 heterocycles. The van der Waals surface area contributed by atoms with E-state index in [0.29, 0.717) is 17.6 Å². The third-order valence-electron chi connectivity index (χ3n) is 3.79. The van der Waals surface area contributed by atoms with Crippen LogP contribution in [0.2, 0.25) is 0 Å². The van der Waals surface area contributed by atoms with Crippen LogP contribution >= 0.6 is 15.9 Å². The average molecular weight is 315 g/mol. The Balaban J connectivity index is 2.18. The maximum Gasteiger partial charge on any atom is 0.147 e. The lowest BCUT2D eigenvalue weighted by Gasteiger charge is -2.38. The fraction of sp³-hybridized carbons (Fsp3) is 0.571. The summed E-state index contributed by atoms with van der Waals surface area (Å²) in [6, 6.07) is 5.60. The molecular weight excluding hydrogens is 295 g/mol. The minimum absolute atomic E-state index is 0.144. The van der Waals surface area contributed by atoms with E-state index in [1.165, 1.54) is 6.07 Å². The van der Waals surface area contributed by atoms with Crippen LogP contribution < -0.4 is 10.2 Å². The number of anilines is 1. The summed E-state index contributed by atoms with van der Waals surface area (Å²) in [6.45, 7) is 7.08. The van der Waals surface area contributed by atoms with Gasteiger partial charge < -0.3 is 10.2 Å². The Labute approximate surface area is 117 Å². The summed E-state index contributed by atoms with van der Waals surface area (Å²) in [4.78, 5) is 2.15. The van der Waals surface area contributed by atoms with E-state index in [-0.39, 0.29) is 5.82 Å². The first-order valence-electron chi connectivity index (χ1n) is 6.55. The van der Waals surface area contributed by atoms with Crippen LogP contribution in [-0.2, 0) is 0 Å². The van der Waals surface area contributed by atoms with E-state index in [4.69, 9.17) is 0 Å². The minimum Gasteiger partial charge on any atom is -0.365 e. The molecule has 1 N–H and O–H groups in total. The molecule has 0 saturated carbocycles. The van der Waals surface area contributed by atoms with Gasteiger partial charge in [0.05, 0.1) is 5.69 Å². The van der Waals surface area contributed by atoms with E-state index in [1.807, 2.05) is 6.07 Å². The Hall–Kier alpha value is -0.610. The van der Waals surface area contributed by atoms with Gasteiger partial charge in [0.2, 0.25) is 0 Å². The summed E-state index contributed by atoms with van der Waals surface area (Å²) in [5.74, 6) is 0.465. The number of halogens is 2. The first kappa shape index (κ1) is 13.8. The van der Waals surface area contributed by atoms with Gasteiger partial charge in [0.25, 0.3) is 0 Å². The van der Waals surface area contributed by atoms with E-state index in [9.17, 15) is 4.39 Å². The molecule has 0 radical (unpaired) electrons. The number of piperazine rings is 1. The fourth-order valence-corrected chi connectivity index (χ4v) is 3.03. The largest absolute Gasteiger partial charge is 0.365 e. The first-order chi connectivity index (χ1) is 8.63. The third kappa shape index (κ3) is 2.86. The van der Waals surface area contributed by atoms with Gasteiger partial charge in [-0.1, -0.05) is 26.3 Å². The zero-order valence-electron chi connectivity index (χ0n) is 10.9. The molecule has 1 aliphatic heterocycles. The number of hydrogen-bond acceptors (Lipinski definition) is 2. The van der Waals surface area contributed by atoms with Gasteiger partial charge in [-0.15, -0.1) is 0 Å². The molecule has 1 aliphatic rings. The summed E-state index contributed by atoms with van der Waals surface area (Å²) in [7, 11) is 0. The molecule has 100 valence electrons. The molecule has 0 aliphatic carbocycles. The minimum atomic E-state index is -0.144. The molecule has 4 heteroatoms. The Morgan fingerprint density at radius 1 is 1.56 bits per heavy atom. The van der Waals surface area contributed by atoms with Crippen LogP contribution in [0.15, 0.2) is 22.7 Å². The highest BCUT2D eigenvalue weighted by Crippen LogP contribution is 2.30. The van der Waals surface area contributed by atoms with E-state index in [2.05, 4.69) is 40.0 Å². The number of nitrogens with one attached hydrogen (secondary N) is 1. The zero-order valence-corrected chi connectivity index (χ0v) is 12.5. The molecule has 1 aromatic rings. The molecule has 2 unspecified atom stereocenters. The van der Waals surface area contributed by atoms with Gasteiger partial charge in [0.15, 0.2) is 0 Å². The maximum absolute atomic E-state index is 14.0. The second-order valence-electron chi connectivity index (χ2n) is 4.96. The fourth-order valence-electron chi connectivity index (χ4n) is 2.44. The summed E-state index contributed by atoms with van der Waals surface area (Å²) < 4.78 is 14.8.